The van der Waals surface area contributed by atoms with E-state index < -0.39 is 10.9 Å². The molecule has 0 fully saturated rings. The lowest BCUT2D eigenvalue weighted by Gasteiger charge is -2.20. The summed E-state index contributed by atoms with van der Waals surface area (Å²) < 4.78 is 5.23. The average molecular weight is 429 g/mol. The molecule has 1 N–H and O–H groups in total. The molecule has 1 aromatic carbocycles. The summed E-state index contributed by atoms with van der Waals surface area (Å²) in [5, 5.41) is 14.1. The second-order valence-electron chi connectivity index (χ2n) is 7.12. The van der Waals surface area contributed by atoms with Gasteiger partial charge >= 0.3 is 5.97 Å². The minimum absolute atomic E-state index is 0.00905. The van der Waals surface area contributed by atoms with E-state index in [2.05, 4.69) is 12.2 Å². The van der Waals surface area contributed by atoms with Gasteiger partial charge in [-0.3, -0.25) is 14.9 Å². The smallest absolute Gasteiger partial charge is 0.341 e. The van der Waals surface area contributed by atoms with Gasteiger partial charge in [-0.15, -0.1) is 11.3 Å². The number of thiophene rings is 1. The fraction of sp³-hybridized carbons (Fsp3) is 0.364. The number of amides is 1. The van der Waals surface area contributed by atoms with Crippen LogP contribution in [0.4, 0.5) is 10.7 Å². The van der Waals surface area contributed by atoms with Crippen LogP contribution in [0, 0.1) is 16.0 Å². The Labute approximate surface area is 178 Å². The van der Waals surface area contributed by atoms with Crippen LogP contribution in [0.5, 0.6) is 0 Å². The van der Waals surface area contributed by atoms with Gasteiger partial charge in [0.15, 0.2) is 0 Å². The van der Waals surface area contributed by atoms with Crippen molar-refractivity contribution in [3.05, 3.63) is 62.0 Å². The molecule has 1 atom stereocenters. The number of non-ortho nitro benzene ring substituents is 1. The predicted octanol–water partition coefficient (Wildman–Crippen LogP) is 5.00. The van der Waals surface area contributed by atoms with Crippen molar-refractivity contribution in [2.75, 3.05) is 11.9 Å². The number of anilines is 1. The molecule has 30 heavy (non-hydrogen) atoms. The Hall–Kier alpha value is -3.00. The number of carbonyl (C=O) groups excluding carboxylic acids is 2. The summed E-state index contributed by atoms with van der Waals surface area (Å²) in [5.74, 6) is -0.180. The van der Waals surface area contributed by atoms with E-state index in [1.54, 1.807) is 25.1 Å². The molecule has 1 heterocycles. The Kier molecular flexibility index (Phi) is 6.99. The highest BCUT2D eigenvalue weighted by atomic mass is 32.1. The lowest BCUT2D eigenvalue weighted by atomic mass is 9.85. The molecule has 0 saturated carbocycles. The summed E-state index contributed by atoms with van der Waals surface area (Å²) in [6, 6.07) is 5.91. The Balaban J connectivity index is 1.79. The normalized spacial score (nSPS) is 15.6. The third-order valence-corrected chi connectivity index (χ3v) is 6.36. The Morgan fingerprint density at radius 1 is 1.30 bits per heavy atom. The van der Waals surface area contributed by atoms with Crippen molar-refractivity contribution in [1.29, 1.82) is 0 Å². The van der Waals surface area contributed by atoms with Crippen molar-refractivity contribution in [1.82, 2.24) is 0 Å². The SMILES string of the molecule is CCOC(=O)c1c(NC(=O)/C=C/c2ccc([N+](=O)[O-])cc2)sc2c1CCC(CC)C2. The summed E-state index contributed by atoms with van der Waals surface area (Å²) in [7, 11) is 0. The van der Waals surface area contributed by atoms with Crippen molar-refractivity contribution < 1.29 is 19.2 Å². The minimum Gasteiger partial charge on any atom is -0.462 e. The van der Waals surface area contributed by atoms with E-state index in [9.17, 15) is 19.7 Å². The molecule has 1 amide bonds. The van der Waals surface area contributed by atoms with E-state index in [4.69, 9.17) is 4.74 Å². The fourth-order valence-corrected chi connectivity index (χ4v) is 4.90. The average Bonchev–Trinajstić information content (AvgIpc) is 3.09. The van der Waals surface area contributed by atoms with Gasteiger partial charge in [0.25, 0.3) is 5.69 Å². The largest absolute Gasteiger partial charge is 0.462 e. The Morgan fingerprint density at radius 2 is 2.03 bits per heavy atom. The van der Waals surface area contributed by atoms with E-state index in [0.29, 0.717) is 22.0 Å². The molecule has 3 rings (SSSR count). The maximum absolute atomic E-state index is 12.6. The van der Waals surface area contributed by atoms with E-state index >= 15 is 0 Å². The van der Waals surface area contributed by atoms with Crippen LogP contribution in [-0.2, 0) is 22.4 Å². The molecule has 2 aromatic rings. The molecule has 0 spiro atoms. The van der Waals surface area contributed by atoms with Gasteiger partial charge in [-0.1, -0.05) is 13.3 Å². The first-order valence-electron chi connectivity index (χ1n) is 9.98. The van der Waals surface area contributed by atoms with Crippen LogP contribution in [0.25, 0.3) is 6.08 Å². The van der Waals surface area contributed by atoms with Crippen LogP contribution < -0.4 is 5.32 Å². The van der Waals surface area contributed by atoms with E-state index in [1.165, 1.54) is 29.5 Å². The number of hydrogen-bond acceptors (Lipinski definition) is 6. The van der Waals surface area contributed by atoms with Crippen LogP contribution in [0.3, 0.4) is 0 Å². The molecule has 1 aliphatic carbocycles. The van der Waals surface area contributed by atoms with Gasteiger partial charge < -0.3 is 10.1 Å². The quantitative estimate of drug-likeness (QED) is 0.290. The molecule has 0 radical (unpaired) electrons. The standard InChI is InChI=1S/C22H24N2O5S/c1-3-14-7-11-17-18(13-14)30-21(20(17)22(26)29-4-2)23-19(25)12-8-15-5-9-16(10-6-15)24(27)28/h5-6,8-10,12,14H,3-4,7,11,13H2,1-2H3,(H,23,25)/b12-8+. The van der Waals surface area contributed by atoms with Crippen LogP contribution in [0.2, 0.25) is 0 Å². The van der Waals surface area contributed by atoms with Crippen molar-refractivity contribution in [2.45, 2.75) is 39.5 Å². The second kappa shape index (κ2) is 9.67. The van der Waals surface area contributed by atoms with Gasteiger partial charge in [-0.25, -0.2) is 4.79 Å². The maximum Gasteiger partial charge on any atom is 0.341 e. The van der Waals surface area contributed by atoms with Crippen molar-refractivity contribution in [3.63, 3.8) is 0 Å². The minimum atomic E-state index is -0.473. The number of nitrogens with one attached hydrogen (secondary N) is 1. The molecule has 0 bridgehead atoms. The summed E-state index contributed by atoms with van der Waals surface area (Å²) in [6.45, 7) is 4.20. The number of rotatable bonds is 7. The van der Waals surface area contributed by atoms with Crippen molar-refractivity contribution in [3.8, 4) is 0 Å². The van der Waals surface area contributed by atoms with Crippen molar-refractivity contribution in [2.24, 2.45) is 5.92 Å². The number of nitro groups is 1. The molecule has 1 unspecified atom stereocenters. The summed E-state index contributed by atoms with van der Waals surface area (Å²) in [4.78, 5) is 36.4. The molecule has 1 aromatic heterocycles. The molecule has 1 aliphatic rings. The van der Waals surface area contributed by atoms with Crippen LogP contribution in [0.15, 0.2) is 30.3 Å². The van der Waals surface area contributed by atoms with E-state index in [-0.39, 0.29) is 18.2 Å². The van der Waals surface area contributed by atoms with Gasteiger partial charge in [0.05, 0.1) is 17.1 Å². The highest BCUT2D eigenvalue weighted by molar-refractivity contribution is 7.17. The first-order chi connectivity index (χ1) is 14.4. The number of carbonyl (C=O) groups is 2. The third-order valence-electron chi connectivity index (χ3n) is 5.19. The number of ether oxygens (including phenoxy) is 1. The van der Waals surface area contributed by atoms with E-state index in [1.807, 2.05) is 0 Å². The molecule has 0 aliphatic heterocycles. The zero-order valence-electron chi connectivity index (χ0n) is 17.0. The van der Waals surface area contributed by atoms with Gasteiger partial charge in [-0.2, -0.15) is 0 Å². The maximum atomic E-state index is 12.6. The highest BCUT2D eigenvalue weighted by Crippen LogP contribution is 2.40. The molecule has 158 valence electrons. The van der Waals surface area contributed by atoms with Gasteiger partial charge in [0.1, 0.15) is 5.00 Å². The Bertz CT molecular complexity index is 978. The molecular weight excluding hydrogens is 404 g/mol. The number of benzene rings is 1. The molecule has 8 heteroatoms. The Morgan fingerprint density at radius 3 is 2.67 bits per heavy atom. The lowest BCUT2D eigenvalue weighted by Crippen LogP contribution is -2.16. The fourth-order valence-electron chi connectivity index (χ4n) is 3.54. The second-order valence-corrected chi connectivity index (χ2v) is 8.22. The summed E-state index contributed by atoms with van der Waals surface area (Å²) >= 11 is 1.45. The predicted molar refractivity (Wildman–Crippen MR) is 117 cm³/mol. The zero-order chi connectivity index (χ0) is 21.7. The van der Waals surface area contributed by atoms with Crippen LogP contribution in [0.1, 0.15) is 53.1 Å². The molecule has 7 nitrogen and oxygen atoms in total. The topological polar surface area (TPSA) is 98.5 Å². The van der Waals surface area contributed by atoms with E-state index in [0.717, 1.165) is 36.1 Å². The number of esters is 1. The lowest BCUT2D eigenvalue weighted by molar-refractivity contribution is -0.384. The monoisotopic (exact) mass is 428 g/mol. The molecule has 0 saturated heterocycles. The highest BCUT2D eigenvalue weighted by Gasteiger charge is 2.29. The van der Waals surface area contributed by atoms with Gasteiger partial charge in [0, 0.05) is 23.1 Å². The summed E-state index contributed by atoms with van der Waals surface area (Å²) in [5.41, 5.74) is 2.13. The van der Waals surface area contributed by atoms with Gasteiger partial charge in [0.2, 0.25) is 5.91 Å². The third kappa shape index (κ3) is 4.94. The number of nitrogens with zero attached hydrogens (tertiary/aromatic N) is 1. The number of fused-ring (bicyclic) bond motifs is 1. The van der Waals surface area contributed by atoms with Crippen LogP contribution in [-0.4, -0.2) is 23.4 Å². The number of nitro benzene ring substituents is 1. The van der Waals surface area contributed by atoms with Crippen molar-refractivity contribution >= 4 is 40.0 Å². The zero-order valence-corrected chi connectivity index (χ0v) is 17.8. The van der Waals surface area contributed by atoms with Gasteiger partial charge in [-0.05, 0) is 61.4 Å². The van der Waals surface area contributed by atoms with Crippen LogP contribution >= 0.6 is 11.3 Å². The number of hydrogen-bond donors (Lipinski definition) is 1. The first-order valence-corrected chi connectivity index (χ1v) is 10.8. The molecular formula is C22H24N2O5S. The summed E-state index contributed by atoms with van der Waals surface area (Å²) in [6.07, 6.45) is 6.77. The first kappa shape index (κ1) is 21.7.